The number of carbonyl (C=O) groups is 3. The van der Waals surface area contributed by atoms with Crippen LogP contribution in [-0.2, 0) is 16.1 Å². The Morgan fingerprint density at radius 3 is 2.67 bits per heavy atom. The molecule has 0 radical (unpaired) electrons. The van der Waals surface area contributed by atoms with Gasteiger partial charge in [-0.1, -0.05) is 12.1 Å². The van der Waals surface area contributed by atoms with Gasteiger partial charge in [0.25, 0.3) is 5.91 Å². The maximum atomic E-state index is 12.2. The number of amides is 3. The Balaban J connectivity index is 1.62. The molecule has 1 aliphatic heterocycles. The normalized spacial score (nSPS) is 16.4. The van der Waals surface area contributed by atoms with Crippen molar-refractivity contribution in [1.29, 1.82) is 0 Å². The molecule has 1 atom stereocenters. The third-order valence-electron chi connectivity index (χ3n) is 3.68. The minimum absolute atomic E-state index is 0.128. The number of anilines is 1. The summed E-state index contributed by atoms with van der Waals surface area (Å²) < 4.78 is 0. The van der Waals surface area contributed by atoms with Gasteiger partial charge in [0.15, 0.2) is 0 Å². The van der Waals surface area contributed by atoms with Crippen molar-refractivity contribution in [3.8, 4) is 0 Å². The van der Waals surface area contributed by atoms with E-state index in [4.69, 9.17) is 0 Å². The lowest BCUT2D eigenvalue weighted by Crippen LogP contribution is -2.44. The number of para-hydroxylation sites is 1. The van der Waals surface area contributed by atoms with Crippen molar-refractivity contribution in [2.45, 2.75) is 19.0 Å². The Kier molecular flexibility index (Phi) is 4.51. The van der Waals surface area contributed by atoms with Crippen molar-refractivity contribution < 1.29 is 14.4 Å². The molecule has 0 saturated carbocycles. The first-order valence-electron chi connectivity index (χ1n) is 7.50. The summed E-state index contributed by atoms with van der Waals surface area (Å²) in [6, 6.07) is 9.38. The summed E-state index contributed by atoms with van der Waals surface area (Å²) in [6.45, 7) is 0.337. The molecule has 3 amide bonds. The van der Waals surface area contributed by atoms with Crippen LogP contribution in [0.15, 0.2) is 48.8 Å². The summed E-state index contributed by atoms with van der Waals surface area (Å²) >= 11 is 0. The second kappa shape index (κ2) is 6.91. The van der Waals surface area contributed by atoms with Crippen molar-refractivity contribution in [3.05, 3.63) is 59.9 Å². The number of aromatic nitrogens is 1. The van der Waals surface area contributed by atoms with Gasteiger partial charge in [-0.2, -0.15) is 0 Å². The highest BCUT2D eigenvalue weighted by Gasteiger charge is 2.29. The quantitative estimate of drug-likeness (QED) is 0.776. The van der Waals surface area contributed by atoms with Gasteiger partial charge in [0.1, 0.15) is 6.04 Å². The Bertz CT molecular complexity index is 776. The van der Waals surface area contributed by atoms with E-state index in [0.717, 1.165) is 5.56 Å². The molecule has 122 valence electrons. The molecule has 2 heterocycles. The average molecular weight is 324 g/mol. The van der Waals surface area contributed by atoms with E-state index in [2.05, 4.69) is 20.9 Å². The number of hydrogen-bond acceptors (Lipinski definition) is 4. The van der Waals surface area contributed by atoms with Crippen molar-refractivity contribution in [3.63, 3.8) is 0 Å². The maximum absolute atomic E-state index is 12.2. The van der Waals surface area contributed by atoms with Crippen LogP contribution in [-0.4, -0.2) is 28.7 Å². The first kappa shape index (κ1) is 15.7. The standard InChI is InChI=1S/C17H16N4O3/c22-15(19-10-11-5-7-18-8-6-11)9-14-17(24)20-13-4-2-1-3-12(13)16(23)21-14/h1-8,14H,9-10H2,(H,19,22)(H,20,24)(H,21,23)/t14-/m0/s1. The van der Waals surface area contributed by atoms with E-state index in [1.807, 2.05) is 0 Å². The molecular weight excluding hydrogens is 308 g/mol. The molecule has 0 aliphatic carbocycles. The van der Waals surface area contributed by atoms with Gasteiger partial charge in [0.2, 0.25) is 11.8 Å². The Morgan fingerprint density at radius 1 is 1.12 bits per heavy atom. The predicted molar refractivity (Wildman–Crippen MR) is 87.0 cm³/mol. The highest BCUT2D eigenvalue weighted by molar-refractivity contribution is 6.10. The van der Waals surface area contributed by atoms with Gasteiger partial charge in [0.05, 0.1) is 17.7 Å². The lowest BCUT2D eigenvalue weighted by molar-refractivity contribution is -0.125. The highest BCUT2D eigenvalue weighted by Crippen LogP contribution is 2.18. The first-order valence-corrected chi connectivity index (χ1v) is 7.50. The molecule has 1 aromatic heterocycles. The minimum Gasteiger partial charge on any atom is -0.352 e. The highest BCUT2D eigenvalue weighted by atomic mass is 16.2. The smallest absolute Gasteiger partial charge is 0.254 e. The number of benzene rings is 1. The van der Waals surface area contributed by atoms with E-state index in [9.17, 15) is 14.4 Å². The van der Waals surface area contributed by atoms with E-state index in [0.29, 0.717) is 17.8 Å². The summed E-state index contributed by atoms with van der Waals surface area (Å²) in [4.78, 5) is 40.4. The Hall–Kier alpha value is -3.22. The van der Waals surface area contributed by atoms with Crippen LogP contribution in [0.25, 0.3) is 0 Å². The van der Waals surface area contributed by atoms with Crippen molar-refractivity contribution in [2.24, 2.45) is 0 Å². The van der Waals surface area contributed by atoms with E-state index in [1.165, 1.54) is 0 Å². The molecule has 3 rings (SSSR count). The largest absolute Gasteiger partial charge is 0.352 e. The van der Waals surface area contributed by atoms with Gasteiger partial charge < -0.3 is 16.0 Å². The zero-order valence-electron chi connectivity index (χ0n) is 12.8. The second-order valence-corrected chi connectivity index (χ2v) is 5.40. The summed E-state index contributed by atoms with van der Waals surface area (Å²) in [5.74, 6) is -1.11. The molecule has 24 heavy (non-hydrogen) atoms. The van der Waals surface area contributed by atoms with E-state index < -0.39 is 11.9 Å². The van der Waals surface area contributed by atoms with Gasteiger partial charge in [-0.25, -0.2) is 0 Å². The fourth-order valence-corrected chi connectivity index (χ4v) is 2.41. The number of carbonyl (C=O) groups excluding carboxylic acids is 3. The number of rotatable bonds is 4. The van der Waals surface area contributed by atoms with Crippen LogP contribution in [0.2, 0.25) is 0 Å². The van der Waals surface area contributed by atoms with E-state index in [-0.39, 0.29) is 18.2 Å². The van der Waals surface area contributed by atoms with Crippen molar-refractivity contribution >= 4 is 23.4 Å². The van der Waals surface area contributed by atoms with Crippen LogP contribution in [0.1, 0.15) is 22.3 Å². The molecule has 1 aliphatic rings. The SMILES string of the molecule is O=C(C[C@@H]1NC(=O)c2ccccc2NC1=O)NCc1ccncc1. The zero-order chi connectivity index (χ0) is 16.9. The first-order chi connectivity index (χ1) is 11.6. The number of nitrogens with one attached hydrogen (secondary N) is 3. The van der Waals surface area contributed by atoms with Gasteiger partial charge >= 0.3 is 0 Å². The second-order valence-electron chi connectivity index (χ2n) is 5.40. The topological polar surface area (TPSA) is 100 Å². The third kappa shape index (κ3) is 3.57. The predicted octanol–water partition coefficient (Wildman–Crippen LogP) is 0.839. The van der Waals surface area contributed by atoms with E-state index in [1.54, 1.807) is 48.8 Å². The molecule has 0 saturated heterocycles. The Morgan fingerprint density at radius 2 is 1.88 bits per heavy atom. The molecule has 1 aromatic carbocycles. The van der Waals surface area contributed by atoms with Gasteiger partial charge in [-0.3, -0.25) is 19.4 Å². The fraction of sp³-hybridized carbons (Fsp3) is 0.176. The van der Waals surface area contributed by atoms with E-state index >= 15 is 0 Å². The van der Waals surface area contributed by atoms with Crippen LogP contribution in [0.5, 0.6) is 0 Å². The molecular formula is C17H16N4O3. The molecule has 0 spiro atoms. The third-order valence-corrected chi connectivity index (χ3v) is 3.68. The minimum atomic E-state index is -0.914. The molecule has 0 fully saturated rings. The number of fused-ring (bicyclic) bond motifs is 1. The van der Waals surface area contributed by atoms with Gasteiger partial charge in [0, 0.05) is 18.9 Å². The van der Waals surface area contributed by atoms with Crippen LogP contribution in [0, 0.1) is 0 Å². The monoisotopic (exact) mass is 324 g/mol. The van der Waals surface area contributed by atoms with Gasteiger partial charge in [-0.15, -0.1) is 0 Å². The average Bonchev–Trinajstić information content (AvgIpc) is 2.71. The summed E-state index contributed by atoms with van der Waals surface area (Å²) in [5, 5.41) is 7.99. The molecule has 7 heteroatoms. The van der Waals surface area contributed by atoms with Crippen LogP contribution in [0.3, 0.4) is 0 Å². The summed E-state index contributed by atoms with van der Waals surface area (Å²) in [6.07, 6.45) is 3.14. The van der Waals surface area contributed by atoms with Crippen LogP contribution < -0.4 is 16.0 Å². The fourth-order valence-electron chi connectivity index (χ4n) is 2.41. The molecule has 7 nitrogen and oxygen atoms in total. The molecule has 3 N–H and O–H groups in total. The summed E-state index contributed by atoms with van der Waals surface area (Å²) in [7, 11) is 0. The number of hydrogen-bond donors (Lipinski definition) is 3. The number of pyridine rings is 1. The zero-order valence-corrected chi connectivity index (χ0v) is 12.8. The lowest BCUT2D eigenvalue weighted by atomic mass is 10.1. The lowest BCUT2D eigenvalue weighted by Gasteiger charge is -2.14. The molecule has 2 aromatic rings. The van der Waals surface area contributed by atoms with Crippen LogP contribution >= 0.6 is 0 Å². The molecule has 0 unspecified atom stereocenters. The Labute approximate surface area is 138 Å². The van der Waals surface area contributed by atoms with Crippen LogP contribution in [0.4, 0.5) is 5.69 Å². The van der Waals surface area contributed by atoms with Gasteiger partial charge in [-0.05, 0) is 29.8 Å². The van der Waals surface area contributed by atoms with Crippen molar-refractivity contribution in [2.75, 3.05) is 5.32 Å². The number of nitrogens with zero attached hydrogens (tertiary/aromatic N) is 1. The molecule has 0 bridgehead atoms. The maximum Gasteiger partial charge on any atom is 0.254 e. The van der Waals surface area contributed by atoms with Crippen molar-refractivity contribution in [1.82, 2.24) is 15.6 Å². The summed E-state index contributed by atoms with van der Waals surface area (Å²) in [5.41, 5.74) is 1.73.